The molecule has 0 bridgehead atoms. The fourth-order valence-electron chi connectivity index (χ4n) is 2.84. The Morgan fingerprint density at radius 1 is 0.615 bits per heavy atom. The van der Waals surface area contributed by atoms with Gasteiger partial charge in [0.2, 0.25) is 0 Å². The van der Waals surface area contributed by atoms with E-state index in [1.54, 1.807) is 14.2 Å². The van der Waals surface area contributed by atoms with Gasteiger partial charge in [-0.3, -0.25) is 0 Å². The molecule has 0 heterocycles. The molecular formula is C23H23NO2. The molecule has 0 amide bonds. The largest absolute Gasteiger partial charge is 0.497 e. The Labute approximate surface area is 155 Å². The van der Waals surface area contributed by atoms with Gasteiger partial charge in [-0.1, -0.05) is 24.3 Å². The Kier molecular flexibility index (Phi) is 5.59. The molecule has 0 radical (unpaired) electrons. The van der Waals surface area contributed by atoms with E-state index in [1.807, 2.05) is 37.3 Å². The van der Waals surface area contributed by atoms with Crippen LogP contribution in [0.15, 0.2) is 78.9 Å². The molecule has 0 aliphatic carbocycles. The lowest BCUT2D eigenvalue weighted by molar-refractivity contribution is 0.415. The predicted molar refractivity (Wildman–Crippen MR) is 109 cm³/mol. The van der Waals surface area contributed by atoms with Crippen LogP contribution in [0.4, 0.5) is 17.1 Å². The molecule has 0 atom stereocenters. The average molecular weight is 345 g/mol. The number of benzene rings is 3. The molecule has 0 aliphatic heterocycles. The van der Waals surface area contributed by atoms with Gasteiger partial charge in [0.05, 0.1) is 14.2 Å². The molecule has 3 heteroatoms. The van der Waals surface area contributed by atoms with Crippen LogP contribution in [0.3, 0.4) is 0 Å². The van der Waals surface area contributed by atoms with Gasteiger partial charge in [-0.25, -0.2) is 0 Å². The normalized spacial score (nSPS) is 10.7. The van der Waals surface area contributed by atoms with Crippen molar-refractivity contribution in [3.05, 3.63) is 84.4 Å². The number of ether oxygens (including phenoxy) is 2. The molecule has 3 nitrogen and oxygen atoms in total. The molecule has 3 aromatic rings. The van der Waals surface area contributed by atoms with E-state index in [9.17, 15) is 0 Å². The molecule has 0 saturated carbocycles. The summed E-state index contributed by atoms with van der Waals surface area (Å²) in [4.78, 5) is 2.21. The van der Waals surface area contributed by atoms with E-state index < -0.39 is 0 Å². The molecule has 0 fully saturated rings. The van der Waals surface area contributed by atoms with Crippen molar-refractivity contribution >= 4 is 23.1 Å². The monoisotopic (exact) mass is 345 g/mol. The van der Waals surface area contributed by atoms with Crippen LogP contribution in [0.25, 0.3) is 6.08 Å². The number of rotatable bonds is 6. The minimum absolute atomic E-state index is 0.840. The van der Waals surface area contributed by atoms with Crippen LogP contribution >= 0.6 is 0 Å². The van der Waals surface area contributed by atoms with E-state index in [0.717, 1.165) is 28.6 Å². The molecule has 0 aromatic heterocycles. The molecule has 0 N–H and O–H groups in total. The summed E-state index contributed by atoms with van der Waals surface area (Å²) in [7, 11) is 3.35. The van der Waals surface area contributed by atoms with E-state index in [2.05, 4.69) is 59.5 Å². The summed E-state index contributed by atoms with van der Waals surface area (Å²) in [6.45, 7) is 2.02. The topological polar surface area (TPSA) is 21.7 Å². The van der Waals surface area contributed by atoms with Gasteiger partial charge in [0, 0.05) is 17.1 Å². The molecule has 132 valence electrons. The third kappa shape index (κ3) is 3.89. The van der Waals surface area contributed by atoms with Crippen LogP contribution in [-0.4, -0.2) is 14.2 Å². The van der Waals surface area contributed by atoms with Gasteiger partial charge in [0.25, 0.3) is 0 Å². The summed E-state index contributed by atoms with van der Waals surface area (Å²) in [5.41, 5.74) is 4.40. The van der Waals surface area contributed by atoms with Crippen molar-refractivity contribution in [2.75, 3.05) is 19.1 Å². The van der Waals surface area contributed by atoms with E-state index in [-0.39, 0.29) is 0 Å². The highest BCUT2D eigenvalue weighted by atomic mass is 16.5. The van der Waals surface area contributed by atoms with Crippen LogP contribution in [0.2, 0.25) is 0 Å². The smallest absolute Gasteiger partial charge is 0.119 e. The molecule has 0 saturated heterocycles. The van der Waals surface area contributed by atoms with Crippen molar-refractivity contribution < 1.29 is 9.47 Å². The maximum Gasteiger partial charge on any atom is 0.119 e. The maximum absolute atomic E-state index is 5.29. The van der Waals surface area contributed by atoms with Crippen molar-refractivity contribution in [2.24, 2.45) is 0 Å². The quantitative estimate of drug-likeness (QED) is 0.530. The van der Waals surface area contributed by atoms with E-state index in [1.165, 1.54) is 5.56 Å². The van der Waals surface area contributed by atoms with Crippen LogP contribution in [0.1, 0.15) is 12.5 Å². The van der Waals surface area contributed by atoms with Gasteiger partial charge in [0.1, 0.15) is 11.5 Å². The zero-order valence-electron chi connectivity index (χ0n) is 15.3. The number of nitrogens with zero attached hydrogens (tertiary/aromatic N) is 1. The molecule has 0 spiro atoms. The fourth-order valence-corrected chi connectivity index (χ4v) is 2.84. The summed E-state index contributed by atoms with van der Waals surface area (Å²) in [6, 6.07) is 24.6. The number of allylic oxidation sites excluding steroid dienone is 1. The van der Waals surface area contributed by atoms with Gasteiger partial charge in [-0.15, -0.1) is 0 Å². The number of anilines is 3. The summed E-state index contributed by atoms with van der Waals surface area (Å²) in [5.74, 6) is 1.68. The van der Waals surface area contributed by atoms with Gasteiger partial charge in [-0.2, -0.15) is 0 Å². The lowest BCUT2D eigenvalue weighted by Crippen LogP contribution is -2.09. The third-order valence-electron chi connectivity index (χ3n) is 4.17. The van der Waals surface area contributed by atoms with Gasteiger partial charge >= 0.3 is 0 Å². The summed E-state index contributed by atoms with van der Waals surface area (Å²) >= 11 is 0. The molecule has 26 heavy (non-hydrogen) atoms. The highest BCUT2D eigenvalue weighted by Gasteiger charge is 2.12. The number of methoxy groups -OCH3 is 2. The van der Waals surface area contributed by atoms with Crippen LogP contribution in [0.5, 0.6) is 11.5 Å². The van der Waals surface area contributed by atoms with E-state index >= 15 is 0 Å². The van der Waals surface area contributed by atoms with Crippen LogP contribution in [0, 0.1) is 0 Å². The van der Waals surface area contributed by atoms with Gasteiger partial charge < -0.3 is 14.4 Å². The lowest BCUT2D eigenvalue weighted by atomic mass is 10.1. The second-order valence-electron chi connectivity index (χ2n) is 5.82. The molecule has 3 aromatic carbocycles. The molecular weight excluding hydrogens is 322 g/mol. The highest BCUT2D eigenvalue weighted by molar-refractivity contribution is 5.77. The second-order valence-corrected chi connectivity index (χ2v) is 5.82. The zero-order valence-corrected chi connectivity index (χ0v) is 15.3. The van der Waals surface area contributed by atoms with E-state index in [0.29, 0.717) is 0 Å². The lowest BCUT2D eigenvalue weighted by Gasteiger charge is -2.26. The number of hydrogen-bond donors (Lipinski definition) is 0. The average Bonchev–Trinajstić information content (AvgIpc) is 2.71. The summed E-state index contributed by atoms with van der Waals surface area (Å²) < 4.78 is 10.6. The Morgan fingerprint density at radius 3 is 1.35 bits per heavy atom. The first-order valence-electron chi connectivity index (χ1n) is 8.56. The van der Waals surface area contributed by atoms with Gasteiger partial charge in [0.15, 0.2) is 0 Å². The van der Waals surface area contributed by atoms with Crippen molar-refractivity contribution in [1.82, 2.24) is 0 Å². The Morgan fingerprint density at radius 2 is 1.00 bits per heavy atom. The first-order chi connectivity index (χ1) is 12.7. The maximum atomic E-state index is 5.29. The van der Waals surface area contributed by atoms with Crippen molar-refractivity contribution in [1.29, 1.82) is 0 Å². The third-order valence-corrected chi connectivity index (χ3v) is 4.17. The minimum Gasteiger partial charge on any atom is -0.497 e. The first kappa shape index (κ1) is 17.6. The summed E-state index contributed by atoms with van der Waals surface area (Å²) in [5, 5.41) is 0. The molecule has 3 rings (SSSR count). The highest BCUT2D eigenvalue weighted by Crippen LogP contribution is 2.36. The Bertz CT molecular complexity index is 803. The SMILES string of the molecule is CC=Cc1ccc(N(c2ccc(OC)cc2)c2ccc(OC)cc2)cc1. The second kappa shape index (κ2) is 8.26. The summed E-state index contributed by atoms with van der Waals surface area (Å²) in [6.07, 6.45) is 4.13. The van der Waals surface area contributed by atoms with E-state index in [4.69, 9.17) is 9.47 Å². The van der Waals surface area contributed by atoms with Crippen LogP contribution < -0.4 is 14.4 Å². The molecule has 0 aliphatic rings. The predicted octanol–water partition coefficient (Wildman–Crippen LogP) is 6.21. The molecule has 0 unspecified atom stereocenters. The Hall–Kier alpha value is -3.20. The minimum atomic E-state index is 0.840. The standard InChI is InChI=1S/C23H23NO2/c1-4-5-18-6-8-19(9-7-18)24(20-10-14-22(25-2)15-11-20)21-12-16-23(26-3)17-13-21/h4-17H,1-3H3. The number of hydrogen-bond acceptors (Lipinski definition) is 3. The fraction of sp³-hybridized carbons (Fsp3) is 0.130. The zero-order chi connectivity index (χ0) is 18.4. The van der Waals surface area contributed by atoms with Crippen LogP contribution in [-0.2, 0) is 0 Å². The Balaban J connectivity index is 2.04. The first-order valence-corrected chi connectivity index (χ1v) is 8.56. The van der Waals surface area contributed by atoms with Crippen molar-refractivity contribution in [3.63, 3.8) is 0 Å². The van der Waals surface area contributed by atoms with Crippen molar-refractivity contribution in [2.45, 2.75) is 6.92 Å². The van der Waals surface area contributed by atoms with Crippen molar-refractivity contribution in [3.8, 4) is 11.5 Å². The van der Waals surface area contributed by atoms with Gasteiger partial charge in [-0.05, 0) is 73.2 Å².